The van der Waals surface area contributed by atoms with Gasteiger partial charge in [0.05, 0.1) is 12.2 Å². The molecule has 0 saturated carbocycles. The van der Waals surface area contributed by atoms with E-state index in [0.717, 1.165) is 10.1 Å². The van der Waals surface area contributed by atoms with Gasteiger partial charge in [0.15, 0.2) is 4.34 Å². The molecule has 0 spiro atoms. The van der Waals surface area contributed by atoms with Gasteiger partial charge in [-0.1, -0.05) is 65.1 Å². The number of thioether (sulfide) groups is 1. The first-order valence-corrected chi connectivity index (χ1v) is 10.0. The molecule has 0 fully saturated rings. The van der Waals surface area contributed by atoms with Crippen LogP contribution in [0.4, 0.5) is 5.13 Å². The molecule has 0 atom stereocenters. The highest BCUT2D eigenvalue weighted by molar-refractivity contribution is 8.00. The SMILES string of the molecule is CCOc1ccccc1C(=O)Nc1nnc(SCc2ccc(C)cc2)s1. The second-order valence-corrected chi connectivity index (χ2v) is 7.73. The molecular weight excluding hydrogens is 366 g/mol. The lowest BCUT2D eigenvalue weighted by molar-refractivity contribution is 0.102. The number of ether oxygens (including phenoxy) is 1. The Morgan fingerprint density at radius 2 is 1.92 bits per heavy atom. The van der Waals surface area contributed by atoms with Gasteiger partial charge in [0, 0.05) is 5.75 Å². The molecule has 1 amide bonds. The Bertz CT molecular complexity index is 879. The summed E-state index contributed by atoms with van der Waals surface area (Å²) >= 11 is 2.97. The molecule has 0 aliphatic carbocycles. The summed E-state index contributed by atoms with van der Waals surface area (Å²) in [7, 11) is 0. The maximum atomic E-state index is 12.5. The highest BCUT2D eigenvalue weighted by Gasteiger charge is 2.14. The summed E-state index contributed by atoms with van der Waals surface area (Å²) in [5.41, 5.74) is 2.96. The molecule has 1 N–H and O–H groups in total. The number of hydrogen-bond acceptors (Lipinski definition) is 6. The van der Waals surface area contributed by atoms with Crippen LogP contribution in [-0.4, -0.2) is 22.7 Å². The molecule has 1 heterocycles. The molecule has 0 saturated heterocycles. The van der Waals surface area contributed by atoms with Crippen molar-refractivity contribution in [1.82, 2.24) is 10.2 Å². The smallest absolute Gasteiger partial charge is 0.261 e. The third-order valence-electron chi connectivity index (χ3n) is 3.54. The maximum absolute atomic E-state index is 12.5. The van der Waals surface area contributed by atoms with Crippen molar-refractivity contribution in [2.45, 2.75) is 23.9 Å². The van der Waals surface area contributed by atoms with Crippen LogP contribution in [0.3, 0.4) is 0 Å². The zero-order valence-electron chi connectivity index (χ0n) is 14.6. The van der Waals surface area contributed by atoms with Crippen molar-refractivity contribution < 1.29 is 9.53 Å². The molecule has 3 aromatic rings. The Morgan fingerprint density at radius 1 is 1.15 bits per heavy atom. The number of benzene rings is 2. The van der Waals surface area contributed by atoms with Gasteiger partial charge < -0.3 is 4.74 Å². The van der Waals surface area contributed by atoms with E-state index in [4.69, 9.17) is 4.74 Å². The molecular formula is C19H19N3O2S2. The lowest BCUT2D eigenvalue weighted by atomic mass is 10.2. The number of para-hydroxylation sites is 1. The van der Waals surface area contributed by atoms with E-state index in [1.54, 1.807) is 30.0 Å². The second-order valence-electron chi connectivity index (χ2n) is 5.53. The van der Waals surface area contributed by atoms with Gasteiger partial charge in [0.25, 0.3) is 5.91 Å². The second kappa shape index (κ2) is 8.82. The molecule has 134 valence electrons. The third kappa shape index (κ3) is 4.83. The standard InChI is InChI=1S/C19H19N3O2S2/c1-3-24-16-7-5-4-6-15(16)17(23)20-18-21-22-19(26-18)25-12-14-10-8-13(2)9-11-14/h4-11H,3,12H2,1-2H3,(H,20,21,23). The van der Waals surface area contributed by atoms with Crippen molar-refractivity contribution in [2.75, 3.05) is 11.9 Å². The van der Waals surface area contributed by atoms with Gasteiger partial charge in [-0.2, -0.15) is 0 Å². The highest BCUT2D eigenvalue weighted by atomic mass is 32.2. The predicted molar refractivity (Wildman–Crippen MR) is 106 cm³/mol. The molecule has 0 aliphatic heterocycles. The average molecular weight is 386 g/mol. The Kier molecular flexibility index (Phi) is 6.25. The van der Waals surface area contributed by atoms with E-state index in [9.17, 15) is 4.79 Å². The summed E-state index contributed by atoms with van der Waals surface area (Å²) in [5.74, 6) is 1.13. The topological polar surface area (TPSA) is 64.1 Å². The fourth-order valence-corrected chi connectivity index (χ4v) is 3.95. The Hall–Kier alpha value is -2.38. The minimum atomic E-state index is -0.250. The molecule has 2 aromatic carbocycles. The van der Waals surface area contributed by atoms with Crippen LogP contribution in [-0.2, 0) is 5.75 Å². The van der Waals surface area contributed by atoms with E-state index in [1.165, 1.54) is 22.5 Å². The highest BCUT2D eigenvalue weighted by Crippen LogP contribution is 2.29. The predicted octanol–water partition coefficient (Wildman–Crippen LogP) is 4.79. The van der Waals surface area contributed by atoms with Gasteiger partial charge in [-0.15, -0.1) is 10.2 Å². The van der Waals surface area contributed by atoms with E-state index in [-0.39, 0.29) is 5.91 Å². The quantitative estimate of drug-likeness (QED) is 0.468. The van der Waals surface area contributed by atoms with Gasteiger partial charge in [-0.3, -0.25) is 10.1 Å². The molecule has 5 nitrogen and oxygen atoms in total. The Morgan fingerprint density at radius 3 is 2.69 bits per heavy atom. The number of nitrogens with one attached hydrogen (secondary N) is 1. The molecule has 0 radical (unpaired) electrons. The molecule has 0 unspecified atom stereocenters. The van der Waals surface area contributed by atoms with Crippen molar-refractivity contribution >= 4 is 34.1 Å². The summed E-state index contributed by atoms with van der Waals surface area (Å²) < 4.78 is 6.32. The molecule has 7 heteroatoms. The van der Waals surface area contributed by atoms with E-state index >= 15 is 0 Å². The first-order valence-electron chi connectivity index (χ1n) is 8.20. The van der Waals surface area contributed by atoms with Crippen LogP contribution in [0.25, 0.3) is 0 Å². The monoisotopic (exact) mass is 385 g/mol. The van der Waals surface area contributed by atoms with Crippen molar-refractivity contribution in [3.63, 3.8) is 0 Å². The first kappa shape index (κ1) is 18.4. The van der Waals surface area contributed by atoms with Crippen molar-refractivity contribution in [1.29, 1.82) is 0 Å². The number of anilines is 1. The van der Waals surface area contributed by atoms with Crippen molar-refractivity contribution in [3.8, 4) is 5.75 Å². The van der Waals surface area contributed by atoms with Gasteiger partial charge >= 0.3 is 0 Å². The zero-order chi connectivity index (χ0) is 18.4. The first-order chi connectivity index (χ1) is 12.7. The fraction of sp³-hybridized carbons (Fsp3) is 0.211. The van der Waals surface area contributed by atoms with Crippen molar-refractivity contribution in [2.24, 2.45) is 0 Å². The van der Waals surface area contributed by atoms with Gasteiger partial charge in [0.1, 0.15) is 5.75 Å². The number of nitrogens with zero attached hydrogens (tertiary/aromatic N) is 2. The van der Waals surface area contributed by atoms with Crippen LogP contribution < -0.4 is 10.1 Å². The van der Waals surface area contributed by atoms with Gasteiger partial charge in [0.2, 0.25) is 5.13 Å². The molecule has 1 aromatic heterocycles. The van der Waals surface area contributed by atoms with Crippen LogP contribution >= 0.6 is 23.1 Å². The number of aromatic nitrogens is 2. The number of carbonyl (C=O) groups is 1. The van der Waals surface area contributed by atoms with Crippen LogP contribution in [0.5, 0.6) is 5.75 Å². The van der Waals surface area contributed by atoms with Gasteiger partial charge in [-0.25, -0.2) is 0 Å². The molecule has 3 rings (SSSR count). The number of amides is 1. The van der Waals surface area contributed by atoms with E-state index in [0.29, 0.717) is 23.1 Å². The number of carbonyl (C=O) groups excluding carboxylic acids is 1. The minimum absolute atomic E-state index is 0.250. The van der Waals surface area contributed by atoms with Crippen LogP contribution in [0.15, 0.2) is 52.9 Å². The molecule has 0 aliphatic rings. The summed E-state index contributed by atoms with van der Waals surface area (Å²) in [6.07, 6.45) is 0. The van der Waals surface area contributed by atoms with Crippen LogP contribution in [0.2, 0.25) is 0 Å². The van der Waals surface area contributed by atoms with Crippen molar-refractivity contribution in [3.05, 3.63) is 65.2 Å². The number of aryl methyl sites for hydroxylation is 1. The lowest BCUT2D eigenvalue weighted by Crippen LogP contribution is -2.13. The summed E-state index contributed by atoms with van der Waals surface area (Å²) in [5, 5.41) is 11.5. The van der Waals surface area contributed by atoms with E-state index in [2.05, 4.69) is 46.7 Å². The van der Waals surface area contributed by atoms with Crippen LogP contribution in [0.1, 0.15) is 28.4 Å². The Labute approximate surface area is 160 Å². The Balaban J connectivity index is 1.61. The molecule has 26 heavy (non-hydrogen) atoms. The average Bonchev–Trinajstić information content (AvgIpc) is 3.09. The summed E-state index contributed by atoms with van der Waals surface area (Å²) in [4.78, 5) is 12.5. The summed E-state index contributed by atoms with van der Waals surface area (Å²) in [6, 6.07) is 15.6. The van der Waals surface area contributed by atoms with E-state index < -0.39 is 0 Å². The number of hydrogen-bond donors (Lipinski definition) is 1. The fourth-order valence-electron chi connectivity index (χ4n) is 2.25. The summed E-state index contributed by atoms with van der Waals surface area (Å²) in [6.45, 7) is 4.46. The largest absolute Gasteiger partial charge is 0.493 e. The van der Waals surface area contributed by atoms with Crippen LogP contribution in [0, 0.1) is 6.92 Å². The minimum Gasteiger partial charge on any atom is -0.493 e. The van der Waals surface area contributed by atoms with E-state index in [1.807, 2.05) is 13.0 Å². The number of rotatable bonds is 7. The lowest BCUT2D eigenvalue weighted by Gasteiger charge is -2.08. The zero-order valence-corrected chi connectivity index (χ0v) is 16.2. The maximum Gasteiger partial charge on any atom is 0.261 e. The third-order valence-corrected chi connectivity index (χ3v) is 5.58. The molecule has 0 bridgehead atoms. The van der Waals surface area contributed by atoms with Gasteiger partial charge in [-0.05, 0) is 31.5 Å². The normalized spacial score (nSPS) is 10.5.